The molecule has 0 unspecified atom stereocenters. The number of nitrogens with one attached hydrogen (secondary N) is 3. The Morgan fingerprint density at radius 2 is 1.64 bits per heavy atom. The first-order valence-electron chi connectivity index (χ1n) is 7.99. The van der Waals surface area contributed by atoms with Gasteiger partial charge in [0.15, 0.2) is 5.11 Å². The van der Waals surface area contributed by atoms with Gasteiger partial charge in [0.2, 0.25) is 0 Å². The number of ether oxygens (including phenoxy) is 1. The summed E-state index contributed by atoms with van der Waals surface area (Å²) in [7, 11) is 0. The number of hydrogen-bond donors (Lipinski definition) is 3. The second-order valence-corrected chi connectivity index (χ2v) is 6.99. The second-order valence-electron chi connectivity index (χ2n) is 6.58. The molecule has 6 heteroatoms. The molecule has 0 atom stereocenters. The summed E-state index contributed by atoms with van der Waals surface area (Å²) in [5, 5.41) is 3.42. The first kappa shape index (κ1) is 18.7. The summed E-state index contributed by atoms with van der Waals surface area (Å²) in [4.78, 5) is 12.1. The topological polar surface area (TPSA) is 62.4 Å². The molecule has 0 heterocycles. The molecule has 0 saturated carbocycles. The fourth-order valence-electron chi connectivity index (χ4n) is 2.00. The van der Waals surface area contributed by atoms with E-state index in [2.05, 4.69) is 16.2 Å². The molecule has 0 spiro atoms. The maximum absolute atomic E-state index is 12.1. The Bertz CT molecular complexity index is 710. The van der Waals surface area contributed by atoms with Crippen LogP contribution < -0.4 is 20.9 Å². The standard InChI is InChI=1S/C19H23N3O2S/c1-19(2,3)20-18(25)22-21-17(23)15-9-11-16(12-10-15)24-13-14-7-5-4-6-8-14/h4-12H,13H2,1-3H3,(H,21,23)(H2,20,22,25). The quantitative estimate of drug-likeness (QED) is 0.579. The van der Waals surface area contributed by atoms with Crippen LogP contribution in [0, 0.1) is 0 Å². The highest BCUT2D eigenvalue weighted by Gasteiger charge is 2.12. The highest BCUT2D eigenvalue weighted by Crippen LogP contribution is 2.14. The van der Waals surface area contributed by atoms with Crippen LogP contribution >= 0.6 is 12.2 Å². The first-order valence-corrected chi connectivity index (χ1v) is 8.39. The van der Waals surface area contributed by atoms with E-state index in [1.807, 2.05) is 51.1 Å². The fraction of sp³-hybridized carbons (Fsp3) is 0.263. The van der Waals surface area contributed by atoms with Gasteiger partial charge in [0, 0.05) is 11.1 Å². The summed E-state index contributed by atoms with van der Waals surface area (Å²) in [5.41, 5.74) is 6.68. The Morgan fingerprint density at radius 3 is 2.24 bits per heavy atom. The van der Waals surface area contributed by atoms with Gasteiger partial charge in [0.05, 0.1) is 0 Å². The molecule has 132 valence electrons. The number of hydrogen-bond acceptors (Lipinski definition) is 3. The predicted molar refractivity (Wildman–Crippen MR) is 103 cm³/mol. The molecule has 2 aromatic carbocycles. The molecule has 2 aromatic rings. The number of thiocarbonyl (C=S) groups is 1. The third-order valence-corrected chi connectivity index (χ3v) is 3.35. The zero-order valence-corrected chi connectivity index (χ0v) is 15.4. The number of carbonyl (C=O) groups is 1. The lowest BCUT2D eigenvalue weighted by molar-refractivity contribution is 0.0943. The predicted octanol–water partition coefficient (Wildman–Crippen LogP) is 3.17. The van der Waals surface area contributed by atoms with Crippen LogP contribution in [0.4, 0.5) is 0 Å². The van der Waals surface area contributed by atoms with Crippen molar-refractivity contribution in [3.63, 3.8) is 0 Å². The van der Waals surface area contributed by atoms with Crippen LogP contribution in [0.25, 0.3) is 0 Å². The van der Waals surface area contributed by atoms with Crippen LogP contribution in [0.3, 0.4) is 0 Å². The lowest BCUT2D eigenvalue weighted by atomic mass is 10.1. The molecule has 0 radical (unpaired) electrons. The van der Waals surface area contributed by atoms with Crippen molar-refractivity contribution in [3.8, 4) is 5.75 Å². The minimum atomic E-state index is -0.271. The molecule has 0 aliphatic rings. The van der Waals surface area contributed by atoms with Gasteiger partial charge in [0.1, 0.15) is 12.4 Å². The molecular formula is C19H23N3O2S. The minimum absolute atomic E-state index is 0.174. The van der Waals surface area contributed by atoms with Crippen LogP contribution in [0.2, 0.25) is 0 Å². The summed E-state index contributed by atoms with van der Waals surface area (Å²) in [6.07, 6.45) is 0. The van der Waals surface area contributed by atoms with E-state index >= 15 is 0 Å². The van der Waals surface area contributed by atoms with Crippen molar-refractivity contribution in [1.29, 1.82) is 0 Å². The Kier molecular flexibility index (Phi) is 6.36. The van der Waals surface area contributed by atoms with Crippen LogP contribution in [-0.2, 0) is 6.61 Å². The van der Waals surface area contributed by atoms with Gasteiger partial charge in [-0.2, -0.15) is 0 Å². The van der Waals surface area contributed by atoms with E-state index in [1.54, 1.807) is 24.3 Å². The summed E-state index contributed by atoms with van der Waals surface area (Å²) < 4.78 is 5.70. The normalized spacial score (nSPS) is 10.7. The second kappa shape index (κ2) is 8.48. The largest absolute Gasteiger partial charge is 0.489 e. The van der Waals surface area contributed by atoms with Crippen molar-refractivity contribution in [2.45, 2.75) is 32.9 Å². The van der Waals surface area contributed by atoms with Gasteiger partial charge in [0.25, 0.3) is 5.91 Å². The Hall–Kier alpha value is -2.60. The molecule has 0 saturated heterocycles. The molecule has 5 nitrogen and oxygen atoms in total. The van der Waals surface area contributed by atoms with Crippen molar-refractivity contribution in [2.24, 2.45) is 0 Å². The zero-order chi connectivity index (χ0) is 18.3. The molecule has 0 aliphatic carbocycles. The molecule has 3 N–H and O–H groups in total. The Labute approximate surface area is 153 Å². The maximum Gasteiger partial charge on any atom is 0.269 e. The van der Waals surface area contributed by atoms with Gasteiger partial charge in [-0.3, -0.25) is 15.6 Å². The number of carbonyl (C=O) groups excluding carboxylic acids is 1. The number of hydrazine groups is 1. The number of benzene rings is 2. The number of amides is 1. The van der Waals surface area contributed by atoms with Gasteiger partial charge in [-0.05, 0) is 62.8 Å². The van der Waals surface area contributed by atoms with E-state index in [4.69, 9.17) is 17.0 Å². The van der Waals surface area contributed by atoms with Crippen molar-refractivity contribution >= 4 is 23.2 Å². The van der Waals surface area contributed by atoms with Crippen molar-refractivity contribution in [1.82, 2.24) is 16.2 Å². The van der Waals surface area contributed by atoms with Gasteiger partial charge in [-0.1, -0.05) is 30.3 Å². The molecule has 2 rings (SSSR count). The van der Waals surface area contributed by atoms with E-state index in [1.165, 1.54) is 0 Å². The monoisotopic (exact) mass is 357 g/mol. The van der Waals surface area contributed by atoms with Crippen LogP contribution in [0.1, 0.15) is 36.7 Å². The average molecular weight is 357 g/mol. The maximum atomic E-state index is 12.1. The fourth-order valence-corrected chi connectivity index (χ4v) is 2.36. The van der Waals surface area contributed by atoms with E-state index in [9.17, 15) is 4.79 Å². The molecule has 0 fully saturated rings. The van der Waals surface area contributed by atoms with Crippen molar-refractivity contribution in [3.05, 3.63) is 65.7 Å². The van der Waals surface area contributed by atoms with E-state index < -0.39 is 0 Å². The molecule has 1 amide bonds. The SMILES string of the molecule is CC(C)(C)NC(=S)NNC(=O)c1ccc(OCc2ccccc2)cc1. The van der Waals surface area contributed by atoms with Crippen LogP contribution in [0.5, 0.6) is 5.75 Å². The molecule has 25 heavy (non-hydrogen) atoms. The van der Waals surface area contributed by atoms with E-state index in [0.29, 0.717) is 23.0 Å². The molecular weight excluding hydrogens is 334 g/mol. The van der Waals surface area contributed by atoms with Gasteiger partial charge >= 0.3 is 0 Å². The van der Waals surface area contributed by atoms with Gasteiger partial charge < -0.3 is 10.1 Å². The van der Waals surface area contributed by atoms with Crippen molar-refractivity contribution < 1.29 is 9.53 Å². The summed E-state index contributed by atoms with van der Waals surface area (Å²) in [5.74, 6) is 0.436. The summed E-state index contributed by atoms with van der Waals surface area (Å²) in [6, 6.07) is 16.9. The Morgan fingerprint density at radius 1 is 1.00 bits per heavy atom. The highest BCUT2D eigenvalue weighted by molar-refractivity contribution is 7.80. The van der Waals surface area contributed by atoms with E-state index in [0.717, 1.165) is 5.56 Å². The van der Waals surface area contributed by atoms with Crippen molar-refractivity contribution in [2.75, 3.05) is 0 Å². The lowest BCUT2D eigenvalue weighted by Gasteiger charge is -2.23. The van der Waals surface area contributed by atoms with Gasteiger partial charge in [-0.15, -0.1) is 0 Å². The van der Waals surface area contributed by atoms with E-state index in [-0.39, 0.29) is 11.4 Å². The zero-order valence-electron chi connectivity index (χ0n) is 14.6. The van der Waals surface area contributed by atoms with Crippen LogP contribution in [-0.4, -0.2) is 16.6 Å². The molecule has 0 bridgehead atoms. The number of rotatable bonds is 4. The first-order chi connectivity index (χ1) is 11.8. The highest BCUT2D eigenvalue weighted by atomic mass is 32.1. The minimum Gasteiger partial charge on any atom is -0.489 e. The third-order valence-electron chi connectivity index (χ3n) is 3.14. The smallest absolute Gasteiger partial charge is 0.269 e. The molecule has 0 aliphatic heterocycles. The average Bonchev–Trinajstić information content (AvgIpc) is 2.58. The summed E-state index contributed by atoms with van der Waals surface area (Å²) in [6.45, 7) is 6.44. The lowest BCUT2D eigenvalue weighted by Crippen LogP contribution is -2.52. The van der Waals surface area contributed by atoms with Gasteiger partial charge in [-0.25, -0.2) is 0 Å². The summed E-state index contributed by atoms with van der Waals surface area (Å²) >= 11 is 5.12. The third kappa shape index (κ3) is 6.81. The van der Waals surface area contributed by atoms with Crippen LogP contribution in [0.15, 0.2) is 54.6 Å². The Balaban J connectivity index is 1.82. The molecule has 0 aromatic heterocycles.